The van der Waals surface area contributed by atoms with Crippen molar-refractivity contribution < 1.29 is 21.6 Å². The highest BCUT2D eigenvalue weighted by molar-refractivity contribution is 7.89. The van der Waals surface area contributed by atoms with E-state index in [4.69, 9.17) is 5.26 Å². The monoisotopic (exact) mass is 395 g/mol. The number of hydrogen-bond donors (Lipinski definition) is 1. The van der Waals surface area contributed by atoms with E-state index in [2.05, 4.69) is 5.32 Å². The number of nitriles is 1. The van der Waals surface area contributed by atoms with Crippen molar-refractivity contribution in [3.05, 3.63) is 29.3 Å². The van der Waals surface area contributed by atoms with Crippen molar-refractivity contribution >= 4 is 22.4 Å². The Bertz CT molecular complexity index is 780. The molecule has 3 rings (SSSR count). The summed E-state index contributed by atoms with van der Waals surface area (Å²) in [5, 5.41) is 12.3. The third-order valence-electron chi connectivity index (χ3n) is 4.48. The summed E-state index contributed by atoms with van der Waals surface area (Å²) in [6, 6.07) is 3.98. The Labute approximate surface area is 150 Å². The average Bonchev–Trinajstić information content (AvgIpc) is 2.53. The molecule has 25 heavy (non-hydrogen) atoms. The molecule has 2 aliphatic rings. The van der Waals surface area contributed by atoms with Gasteiger partial charge in [-0.2, -0.15) is 22.7 Å². The highest BCUT2D eigenvalue weighted by Gasteiger charge is 2.38. The molecule has 1 aromatic rings. The molecule has 10 heteroatoms. The Morgan fingerprint density at radius 1 is 1.20 bits per heavy atom. The minimum Gasteiger partial charge on any atom is -0.309 e. The lowest BCUT2D eigenvalue weighted by Crippen LogP contribution is -2.59. The number of benzene rings is 1. The van der Waals surface area contributed by atoms with Gasteiger partial charge in [0.25, 0.3) is 0 Å². The van der Waals surface area contributed by atoms with Crippen LogP contribution in [-0.2, 0) is 16.2 Å². The molecule has 2 heterocycles. The lowest BCUT2D eigenvalue weighted by molar-refractivity contribution is -0.137. The fourth-order valence-corrected chi connectivity index (χ4v) is 4.89. The van der Waals surface area contributed by atoms with E-state index in [0.29, 0.717) is 19.2 Å². The van der Waals surface area contributed by atoms with Crippen molar-refractivity contribution in [1.82, 2.24) is 9.62 Å². The average molecular weight is 396 g/mol. The van der Waals surface area contributed by atoms with Crippen LogP contribution in [0, 0.1) is 11.3 Å². The first-order chi connectivity index (χ1) is 11.2. The van der Waals surface area contributed by atoms with E-state index in [1.54, 1.807) is 0 Å². The third kappa shape index (κ3) is 3.92. The van der Waals surface area contributed by atoms with E-state index in [1.807, 2.05) is 0 Å². The van der Waals surface area contributed by atoms with Crippen LogP contribution in [0.1, 0.15) is 30.4 Å². The van der Waals surface area contributed by atoms with Gasteiger partial charge in [-0.15, -0.1) is 12.4 Å². The van der Waals surface area contributed by atoms with Crippen LogP contribution >= 0.6 is 12.4 Å². The van der Waals surface area contributed by atoms with E-state index in [9.17, 15) is 21.6 Å². The molecule has 2 bridgehead atoms. The topological polar surface area (TPSA) is 73.2 Å². The lowest BCUT2D eigenvalue weighted by Gasteiger charge is -2.41. The molecule has 138 valence electrons. The number of rotatable bonds is 2. The minimum absolute atomic E-state index is 0. The molecule has 0 aromatic heterocycles. The lowest BCUT2D eigenvalue weighted by atomic mass is 9.96. The largest absolute Gasteiger partial charge is 0.417 e. The summed E-state index contributed by atoms with van der Waals surface area (Å²) in [7, 11) is -3.92. The van der Waals surface area contributed by atoms with E-state index in [0.717, 1.165) is 31.4 Å². The number of alkyl halides is 3. The van der Waals surface area contributed by atoms with Gasteiger partial charge in [-0.25, -0.2) is 8.42 Å². The van der Waals surface area contributed by atoms with Gasteiger partial charge >= 0.3 is 6.18 Å². The summed E-state index contributed by atoms with van der Waals surface area (Å²) in [5.74, 6) is 0. The maximum absolute atomic E-state index is 12.9. The van der Waals surface area contributed by atoms with Crippen molar-refractivity contribution in [2.24, 2.45) is 0 Å². The number of sulfonamides is 1. The van der Waals surface area contributed by atoms with Gasteiger partial charge in [0.1, 0.15) is 0 Å². The Morgan fingerprint density at radius 2 is 1.80 bits per heavy atom. The van der Waals surface area contributed by atoms with Crippen LogP contribution in [0.25, 0.3) is 0 Å². The Kier molecular flexibility index (Phi) is 5.68. The summed E-state index contributed by atoms with van der Waals surface area (Å²) in [5.41, 5.74) is -1.81. The van der Waals surface area contributed by atoms with E-state index >= 15 is 0 Å². The number of piperazine rings is 1. The summed E-state index contributed by atoms with van der Waals surface area (Å²) in [6.45, 7) is 0.587. The van der Waals surface area contributed by atoms with Crippen LogP contribution in [0.15, 0.2) is 23.1 Å². The minimum atomic E-state index is -4.70. The number of nitrogens with zero attached hydrogens (tertiary/aromatic N) is 2. The first kappa shape index (κ1) is 20.0. The quantitative estimate of drug-likeness (QED) is 0.835. The van der Waals surface area contributed by atoms with Crippen molar-refractivity contribution in [3.63, 3.8) is 0 Å². The van der Waals surface area contributed by atoms with Gasteiger partial charge in [0.2, 0.25) is 10.0 Å². The number of halogens is 4. The number of hydrogen-bond acceptors (Lipinski definition) is 4. The SMILES string of the molecule is Cl.N#Cc1cc(S(=O)(=O)N2CC3CCCC(C2)N3)ccc1C(F)(F)F. The van der Waals surface area contributed by atoms with Crippen LogP contribution in [-0.4, -0.2) is 37.9 Å². The van der Waals surface area contributed by atoms with Crippen LogP contribution < -0.4 is 5.32 Å². The third-order valence-corrected chi connectivity index (χ3v) is 6.31. The predicted molar refractivity (Wildman–Crippen MR) is 86.7 cm³/mol. The predicted octanol–water partition coefficient (Wildman–Crippen LogP) is 2.51. The molecule has 2 aliphatic heterocycles. The summed E-state index contributed by atoms with van der Waals surface area (Å²) >= 11 is 0. The van der Waals surface area contributed by atoms with Gasteiger partial charge in [0, 0.05) is 25.2 Å². The second-order valence-electron chi connectivity index (χ2n) is 6.13. The second-order valence-corrected chi connectivity index (χ2v) is 8.07. The van der Waals surface area contributed by atoms with E-state index in [-0.39, 0.29) is 29.4 Å². The molecular weight excluding hydrogens is 379 g/mol. The van der Waals surface area contributed by atoms with Crippen LogP contribution in [0.2, 0.25) is 0 Å². The Morgan fingerprint density at radius 3 is 2.32 bits per heavy atom. The van der Waals surface area contributed by atoms with Gasteiger partial charge in [-0.3, -0.25) is 0 Å². The van der Waals surface area contributed by atoms with Gasteiger partial charge in [0.05, 0.1) is 22.1 Å². The molecule has 0 amide bonds. The second kappa shape index (κ2) is 7.11. The molecular formula is C15H17ClF3N3O2S. The first-order valence-corrected chi connectivity index (χ1v) is 9.03. The van der Waals surface area contributed by atoms with E-state index < -0.39 is 27.3 Å². The first-order valence-electron chi connectivity index (χ1n) is 7.59. The zero-order valence-electron chi connectivity index (χ0n) is 13.1. The maximum atomic E-state index is 12.9. The smallest absolute Gasteiger partial charge is 0.309 e. The van der Waals surface area contributed by atoms with Crippen molar-refractivity contribution in [1.29, 1.82) is 5.26 Å². The van der Waals surface area contributed by atoms with Crippen LogP contribution in [0.3, 0.4) is 0 Å². The van der Waals surface area contributed by atoms with Gasteiger partial charge in [-0.05, 0) is 31.0 Å². The summed E-state index contributed by atoms with van der Waals surface area (Å²) in [6.07, 6.45) is -1.91. The zero-order chi connectivity index (χ0) is 17.5. The molecule has 1 aromatic carbocycles. The molecule has 2 saturated heterocycles. The fraction of sp³-hybridized carbons (Fsp3) is 0.533. The van der Waals surface area contributed by atoms with Gasteiger partial charge in [0.15, 0.2) is 0 Å². The maximum Gasteiger partial charge on any atom is 0.417 e. The molecule has 0 spiro atoms. The zero-order valence-corrected chi connectivity index (χ0v) is 14.7. The molecule has 0 radical (unpaired) electrons. The molecule has 5 nitrogen and oxygen atoms in total. The Balaban J connectivity index is 0.00000225. The van der Waals surface area contributed by atoms with Crippen molar-refractivity contribution in [2.45, 2.75) is 42.4 Å². The van der Waals surface area contributed by atoms with Crippen LogP contribution in [0.4, 0.5) is 13.2 Å². The molecule has 2 unspecified atom stereocenters. The van der Waals surface area contributed by atoms with Gasteiger partial charge < -0.3 is 5.32 Å². The van der Waals surface area contributed by atoms with Crippen LogP contribution in [0.5, 0.6) is 0 Å². The molecule has 2 atom stereocenters. The normalized spacial score (nSPS) is 24.2. The molecule has 0 saturated carbocycles. The fourth-order valence-electron chi connectivity index (χ4n) is 3.33. The standard InChI is InChI=1S/C15H16F3N3O2S.ClH/c16-15(17,18)14-5-4-13(6-10(14)7-19)24(22,23)21-8-11-2-1-3-12(9-21)20-11;/h4-6,11-12,20H,1-3,8-9H2;1H. The van der Waals surface area contributed by atoms with E-state index in [1.165, 1.54) is 10.4 Å². The van der Waals surface area contributed by atoms with Crippen molar-refractivity contribution in [3.8, 4) is 6.07 Å². The molecule has 0 aliphatic carbocycles. The number of nitrogens with one attached hydrogen (secondary N) is 1. The number of fused-ring (bicyclic) bond motifs is 2. The molecule has 2 fully saturated rings. The highest BCUT2D eigenvalue weighted by atomic mass is 35.5. The summed E-state index contributed by atoms with van der Waals surface area (Å²) < 4.78 is 65.4. The van der Waals surface area contributed by atoms with Gasteiger partial charge in [-0.1, -0.05) is 6.42 Å². The number of piperidine rings is 1. The van der Waals surface area contributed by atoms with Crippen molar-refractivity contribution in [2.75, 3.05) is 13.1 Å². The molecule has 1 N–H and O–H groups in total. The highest BCUT2D eigenvalue weighted by Crippen LogP contribution is 2.33. The summed E-state index contributed by atoms with van der Waals surface area (Å²) in [4.78, 5) is -0.271. The Hall–Kier alpha value is -1.34.